The highest BCUT2D eigenvalue weighted by molar-refractivity contribution is 5.81. The summed E-state index contributed by atoms with van der Waals surface area (Å²) in [5.74, 6) is -3.68. The summed E-state index contributed by atoms with van der Waals surface area (Å²) in [7, 11) is 0. The predicted octanol–water partition coefficient (Wildman–Crippen LogP) is 1.19. The maximum absolute atomic E-state index is 11.0. The van der Waals surface area contributed by atoms with E-state index >= 15 is 0 Å². The minimum Gasteiger partial charge on any atom is -0.481 e. The highest BCUT2D eigenvalue weighted by Crippen LogP contribution is 2.30. The number of carbonyl (C=O) groups is 2. The van der Waals surface area contributed by atoms with Gasteiger partial charge in [-0.1, -0.05) is 24.3 Å². The van der Waals surface area contributed by atoms with Crippen LogP contribution in [0.3, 0.4) is 0 Å². The molecule has 4 nitrogen and oxygen atoms in total. The third kappa shape index (κ3) is 1.78. The molecular weight excluding hydrogens is 208 g/mol. The van der Waals surface area contributed by atoms with Crippen molar-refractivity contribution in [2.75, 3.05) is 0 Å². The Morgan fingerprint density at radius 3 is 1.62 bits per heavy atom. The summed E-state index contributed by atoms with van der Waals surface area (Å²) in [6.45, 7) is 0. The lowest BCUT2D eigenvalue weighted by atomic mass is 9.76. The second-order valence-corrected chi connectivity index (χ2v) is 4.07. The van der Waals surface area contributed by atoms with Crippen molar-refractivity contribution in [3.8, 4) is 0 Å². The average molecular weight is 220 g/mol. The number of aliphatic carboxylic acids is 2. The van der Waals surface area contributed by atoms with Crippen LogP contribution in [0.4, 0.5) is 0 Å². The summed E-state index contributed by atoms with van der Waals surface area (Å²) in [4.78, 5) is 22.0. The molecule has 2 rings (SSSR count). The van der Waals surface area contributed by atoms with Crippen LogP contribution in [-0.2, 0) is 22.4 Å². The Hall–Kier alpha value is -1.84. The van der Waals surface area contributed by atoms with E-state index < -0.39 is 23.8 Å². The molecule has 1 aliphatic rings. The lowest BCUT2D eigenvalue weighted by Gasteiger charge is -2.27. The van der Waals surface area contributed by atoms with Crippen LogP contribution in [0.5, 0.6) is 0 Å². The minimum absolute atomic E-state index is 0.308. The second kappa shape index (κ2) is 3.96. The van der Waals surface area contributed by atoms with Gasteiger partial charge in [0, 0.05) is 0 Å². The fourth-order valence-electron chi connectivity index (χ4n) is 2.23. The Bertz CT molecular complexity index is 397. The first-order valence-electron chi connectivity index (χ1n) is 5.12. The predicted molar refractivity (Wildman–Crippen MR) is 56.1 cm³/mol. The molecule has 0 bridgehead atoms. The molecule has 16 heavy (non-hydrogen) atoms. The molecule has 0 unspecified atom stereocenters. The Morgan fingerprint density at radius 2 is 1.31 bits per heavy atom. The van der Waals surface area contributed by atoms with Crippen LogP contribution in [0.15, 0.2) is 24.3 Å². The van der Waals surface area contributed by atoms with Crippen LogP contribution in [0, 0.1) is 11.8 Å². The quantitative estimate of drug-likeness (QED) is 0.785. The van der Waals surface area contributed by atoms with Crippen molar-refractivity contribution in [3.05, 3.63) is 35.4 Å². The fourth-order valence-corrected chi connectivity index (χ4v) is 2.23. The number of hydrogen-bond donors (Lipinski definition) is 2. The molecular formula is C12H12O4. The first-order valence-corrected chi connectivity index (χ1v) is 5.12. The standard InChI is InChI=1S/C12H12O4/c13-11(14)9-5-7-3-1-2-4-8(7)6-10(9)12(15)16/h1-4,9-10H,5-6H2,(H,13,14)(H,15,16)/t9-,10+. The molecule has 0 saturated heterocycles. The molecule has 0 spiro atoms. The van der Waals surface area contributed by atoms with Crippen LogP contribution in [0.25, 0.3) is 0 Å². The number of rotatable bonds is 2. The minimum atomic E-state index is -1.03. The molecule has 0 heterocycles. The number of carboxylic acids is 2. The molecule has 0 fully saturated rings. The zero-order chi connectivity index (χ0) is 11.7. The van der Waals surface area contributed by atoms with Crippen molar-refractivity contribution in [3.63, 3.8) is 0 Å². The molecule has 0 aliphatic heterocycles. The molecule has 0 amide bonds. The molecule has 1 aromatic rings. The number of carboxylic acid groups (broad SMARTS) is 2. The molecule has 2 N–H and O–H groups in total. The van der Waals surface area contributed by atoms with Gasteiger partial charge in [-0.15, -0.1) is 0 Å². The maximum atomic E-state index is 11.0. The lowest BCUT2D eigenvalue weighted by Crippen LogP contribution is -2.36. The van der Waals surface area contributed by atoms with E-state index in [2.05, 4.69) is 0 Å². The highest BCUT2D eigenvalue weighted by Gasteiger charge is 2.37. The van der Waals surface area contributed by atoms with Crippen LogP contribution < -0.4 is 0 Å². The van der Waals surface area contributed by atoms with E-state index in [1.807, 2.05) is 24.3 Å². The van der Waals surface area contributed by atoms with Gasteiger partial charge in [0.05, 0.1) is 11.8 Å². The van der Waals surface area contributed by atoms with Crippen molar-refractivity contribution in [2.24, 2.45) is 11.8 Å². The topological polar surface area (TPSA) is 74.6 Å². The van der Waals surface area contributed by atoms with Gasteiger partial charge >= 0.3 is 11.9 Å². The van der Waals surface area contributed by atoms with E-state index in [0.29, 0.717) is 12.8 Å². The first kappa shape index (κ1) is 10.7. The summed E-state index contributed by atoms with van der Waals surface area (Å²) < 4.78 is 0. The van der Waals surface area contributed by atoms with E-state index in [1.54, 1.807) is 0 Å². The van der Waals surface area contributed by atoms with Gasteiger partial charge in [0.2, 0.25) is 0 Å². The SMILES string of the molecule is O=C(O)[C@H]1Cc2ccccc2C[C@H]1C(=O)O. The smallest absolute Gasteiger partial charge is 0.307 e. The molecule has 2 atom stereocenters. The van der Waals surface area contributed by atoms with Gasteiger partial charge in [-0.05, 0) is 24.0 Å². The normalized spacial score (nSPS) is 23.5. The third-order valence-corrected chi connectivity index (χ3v) is 3.12. The van der Waals surface area contributed by atoms with E-state index in [9.17, 15) is 9.59 Å². The highest BCUT2D eigenvalue weighted by atomic mass is 16.4. The fraction of sp³-hybridized carbons (Fsp3) is 0.333. The maximum Gasteiger partial charge on any atom is 0.307 e. The van der Waals surface area contributed by atoms with E-state index in [-0.39, 0.29) is 0 Å². The van der Waals surface area contributed by atoms with Gasteiger partial charge < -0.3 is 10.2 Å². The van der Waals surface area contributed by atoms with Gasteiger partial charge in [0.15, 0.2) is 0 Å². The van der Waals surface area contributed by atoms with Gasteiger partial charge in [0.1, 0.15) is 0 Å². The molecule has 0 radical (unpaired) electrons. The second-order valence-electron chi connectivity index (χ2n) is 4.07. The zero-order valence-corrected chi connectivity index (χ0v) is 8.59. The summed E-state index contributed by atoms with van der Waals surface area (Å²) in [5.41, 5.74) is 1.90. The van der Waals surface area contributed by atoms with E-state index in [4.69, 9.17) is 10.2 Å². The van der Waals surface area contributed by atoms with E-state index in [1.165, 1.54) is 0 Å². The third-order valence-electron chi connectivity index (χ3n) is 3.12. The Balaban J connectivity index is 2.37. The Kier molecular flexibility index (Phi) is 2.64. The zero-order valence-electron chi connectivity index (χ0n) is 8.59. The first-order chi connectivity index (χ1) is 7.59. The number of benzene rings is 1. The summed E-state index contributed by atoms with van der Waals surface area (Å²) in [6, 6.07) is 7.42. The Labute approximate surface area is 92.5 Å². The van der Waals surface area contributed by atoms with Crippen LogP contribution in [-0.4, -0.2) is 22.2 Å². The van der Waals surface area contributed by atoms with Gasteiger partial charge in [-0.25, -0.2) is 0 Å². The molecule has 0 aromatic heterocycles. The van der Waals surface area contributed by atoms with Gasteiger partial charge in [-0.2, -0.15) is 0 Å². The van der Waals surface area contributed by atoms with E-state index in [0.717, 1.165) is 11.1 Å². The van der Waals surface area contributed by atoms with Crippen molar-refractivity contribution in [1.29, 1.82) is 0 Å². The Morgan fingerprint density at radius 1 is 0.938 bits per heavy atom. The van der Waals surface area contributed by atoms with Crippen molar-refractivity contribution >= 4 is 11.9 Å². The average Bonchev–Trinajstić information content (AvgIpc) is 2.27. The molecule has 1 aromatic carbocycles. The van der Waals surface area contributed by atoms with Crippen LogP contribution in [0.1, 0.15) is 11.1 Å². The number of fused-ring (bicyclic) bond motifs is 1. The summed E-state index contributed by atoms with van der Waals surface area (Å²) >= 11 is 0. The molecule has 1 aliphatic carbocycles. The van der Waals surface area contributed by atoms with Crippen molar-refractivity contribution in [1.82, 2.24) is 0 Å². The largest absolute Gasteiger partial charge is 0.481 e. The number of hydrogen-bond acceptors (Lipinski definition) is 2. The van der Waals surface area contributed by atoms with Gasteiger partial charge in [0.25, 0.3) is 0 Å². The summed E-state index contributed by atoms with van der Waals surface area (Å²) in [6.07, 6.45) is 0.616. The van der Waals surface area contributed by atoms with Crippen molar-refractivity contribution < 1.29 is 19.8 Å². The monoisotopic (exact) mass is 220 g/mol. The molecule has 0 saturated carbocycles. The lowest BCUT2D eigenvalue weighted by molar-refractivity contribution is -0.154. The van der Waals surface area contributed by atoms with Gasteiger partial charge in [-0.3, -0.25) is 9.59 Å². The summed E-state index contributed by atoms with van der Waals surface area (Å²) in [5, 5.41) is 18.0. The molecule has 4 heteroatoms. The molecule has 84 valence electrons. The van der Waals surface area contributed by atoms with Crippen LogP contribution in [0.2, 0.25) is 0 Å². The van der Waals surface area contributed by atoms with Crippen molar-refractivity contribution in [2.45, 2.75) is 12.8 Å². The van der Waals surface area contributed by atoms with Crippen LogP contribution >= 0.6 is 0 Å².